The van der Waals surface area contributed by atoms with Crippen molar-refractivity contribution in [3.05, 3.63) is 23.9 Å². The SMILES string of the molecule is CN=C(NCc1ccc(OCC2CC2)nc1)NCC(C)C.I. The van der Waals surface area contributed by atoms with Crippen molar-refractivity contribution >= 4 is 29.9 Å². The molecule has 2 rings (SSSR count). The molecular weight excluding hydrogens is 391 g/mol. The Kier molecular flexibility index (Phi) is 8.52. The average Bonchev–Trinajstić information content (AvgIpc) is 3.30. The normalized spacial score (nSPS) is 14.5. The van der Waals surface area contributed by atoms with Gasteiger partial charge in [-0.3, -0.25) is 4.99 Å². The van der Waals surface area contributed by atoms with Gasteiger partial charge in [0.2, 0.25) is 5.88 Å². The number of pyridine rings is 1. The number of hydrogen-bond donors (Lipinski definition) is 2. The van der Waals surface area contributed by atoms with Crippen LogP contribution in [0.2, 0.25) is 0 Å². The molecule has 0 aromatic carbocycles. The molecule has 0 atom stereocenters. The van der Waals surface area contributed by atoms with E-state index in [-0.39, 0.29) is 24.0 Å². The van der Waals surface area contributed by atoms with Gasteiger partial charge in [0.15, 0.2) is 5.96 Å². The highest BCUT2D eigenvalue weighted by molar-refractivity contribution is 14.0. The van der Waals surface area contributed by atoms with Crippen molar-refractivity contribution in [2.45, 2.75) is 33.2 Å². The van der Waals surface area contributed by atoms with Crippen LogP contribution in [0.5, 0.6) is 5.88 Å². The van der Waals surface area contributed by atoms with Crippen molar-refractivity contribution in [3.8, 4) is 5.88 Å². The molecule has 0 radical (unpaired) electrons. The Morgan fingerprint density at radius 2 is 2.14 bits per heavy atom. The first-order valence-corrected chi connectivity index (χ1v) is 7.69. The third kappa shape index (κ3) is 7.29. The highest BCUT2D eigenvalue weighted by Crippen LogP contribution is 2.29. The summed E-state index contributed by atoms with van der Waals surface area (Å²) in [7, 11) is 1.78. The Hall–Kier alpha value is -1.05. The summed E-state index contributed by atoms with van der Waals surface area (Å²) in [6.45, 7) is 6.75. The van der Waals surface area contributed by atoms with Gasteiger partial charge in [-0.2, -0.15) is 0 Å². The summed E-state index contributed by atoms with van der Waals surface area (Å²) in [5, 5.41) is 6.56. The summed E-state index contributed by atoms with van der Waals surface area (Å²) in [6.07, 6.45) is 4.44. The standard InChI is InChI=1S/C16H26N4O.HI/c1-12(2)8-19-16(17-3)20-10-14-6-7-15(18-9-14)21-11-13-4-5-13;/h6-7,9,12-13H,4-5,8,10-11H2,1-3H3,(H2,17,19,20);1H. The minimum absolute atomic E-state index is 0. The number of hydrogen-bond acceptors (Lipinski definition) is 3. The van der Waals surface area contributed by atoms with Gasteiger partial charge in [0.25, 0.3) is 0 Å². The van der Waals surface area contributed by atoms with Crippen LogP contribution in [-0.4, -0.2) is 31.1 Å². The first-order valence-electron chi connectivity index (χ1n) is 7.69. The first kappa shape index (κ1) is 19.0. The average molecular weight is 418 g/mol. The topological polar surface area (TPSA) is 58.5 Å². The molecule has 0 spiro atoms. The van der Waals surface area contributed by atoms with Crippen LogP contribution in [0.3, 0.4) is 0 Å². The smallest absolute Gasteiger partial charge is 0.213 e. The van der Waals surface area contributed by atoms with E-state index in [1.807, 2.05) is 18.3 Å². The van der Waals surface area contributed by atoms with E-state index in [1.165, 1.54) is 12.8 Å². The Morgan fingerprint density at radius 1 is 1.36 bits per heavy atom. The third-order valence-corrected chi connectivity index (χ3v) is 3.32. The zero-order valence-electron chi connectivity index (χ0n) is 13.6. The molecule has 5 nitrogen and oxygen atoms in total. The number of nitrogens with one attached hydrogen (secondary N) is 2. The molecule has 124 valence electrons. The number of aromatic nitrogens is 1. The van der Waals surface area contributed by atoms with Gasteiger partial charge in [-0.1, -0.05) is 19.9 Å². The van der Waals surface area contributed by atoms with Gasteiger partial charge >= 0.3 is 0 Å². The molecule has 1 aliphatic rings. The van der Waals surface area contributed by atoms with Crippen molar-refractivity contribution in [3.63, 3.8) is 0 Å². The van der Waals surface area contributed by atoms with E-state index in [9.17, 15) is 0 Å². The molecule has 0 unspecified atom stereocenters. The van der Waals surface area contributed by atoms with Gasteiger partial charge in [0.1, 0.15) is 0 Å². The molecule has 0 amide bonds. The Morgan fingerprint density at radius 3 is 2.68 bits per heavy atom. The second kappa shape index (κ2) is 9.86. The molecule has 1 aromatic rings. The van der Waals surface area contributed by atoms with Crippen LogP contribution < -0.4 is 15.4 Å². The highest BCUT2D eigenvalue weighted by atomic mass is 127. The molecule has 0 saturated heterocycles. The maximum Gasteiger partial charge on any atom is 0.213 e. The number of halogens is 1. The van der Waals surface area contributed by atoms with Crippen molar-refractivity contribution < 1.29 is 4.74 Å². The minimum Gasteiger partial charge on any atom is -0.477 e. The third-order valence-electron chi connectivity index (χ3n) is 3.32. The van der Waals surface area contributed by atoms with Crippen molar-refractivity contribution in [1.29, 1.82) is 0 Å². The van der Waals surface area contributed by atoms with E-state index in [0.29, 0.717) is 18.3 Å². The second-order valence-electron chi connectivity index (χ2n) is 5.96. The zero-order chi connectivity index (χ0) is 15.1. The van der Waals surface area contributed by atoms with Crippen LogP contribution in [0.4, 0.5) is 0 Å². The fourth-order valence-corrected chi connectivity index (χ4v) is 1.80. The molecule has 1 aliphatic carbocycles. The Labute approximate surface area is 150 Å². The quantitative estimate of drug-likeness (QED) is 0.406. The molecule has 1 aromatic heterocycles. The largest absolute Gasteiger partial charge is 0.477 e. The molecule has 6 heteroatoms. The number of nitrogens with zero attached hydrogens (tertiary/aromatic N) is 2. The van der Waals surface area contributed by atoms with E-state index in [4.69, 9.17) is 4.74 Å². The van der Waals surface area contributed by atoms with E-state index in [2.05, 4.69) is 34.5 Å². The van der Waals surface area contributed by atoms with Gasteiger partial charge < -0.3 is 15.4 Å². The van der Waals surface area contributed by atoms with E-state index in [1.54, 1.807) is 7.05 Å². The lowest BCUT2D eigenvalue weighted by atomic mass is 10.2. The van der Waals surface area contributed by atoms with Crippen molar-refractivity contribution in [2.75, 3.05) is 20.2 Å². The van der Waals surface area contributed by atoms with Gasteiger partial charge in [-0.05, 0) is 30.2 Å². The monoisotopic (exact) mass is 418 g/mol. The van der Waals surface area contributed by atoms with Gasteiger partial charge in [-0.25, -0.2) is 4.98 Å². The lowest BCUT2D eigenvalue weighted by Gasteiger charge is -2.13. The summed E-state index contributed by atoms with van der Waals surface area (Å²) in [5.74, 6) is 2.88. The number of aliphatic imine (C=N–C) groups is 1. The van der Waals surface area contributed by atoms with Gasteiger partial charge in [-0.15, -0.1) is 24.0 Å². The number of rotatable bonds is 7. The maximum absolute atomic E-state index is 5.63. The molecule has 22 heavy (non-hydrogen) atoms. The van der Waals surface area contributed by atoms with Crippen LogP contribution >= 0.6 is 24.0 Å². The molecule has 2 N–H and O–H groups in total. The summed E-state index contributed by atoms with van der Waals surface area (Å²) in [5.41, 5.74) is 1.11. The number of ether oxygens (including phenoxy) is 1. The summed E-state index contributed by atoms with van der Waals surface area (Å²) >= 11 is 0. The maximum atomic E-state index is 5.63. The molecular formula is C16H27IN4O. The highest BCUT2D eigenvalue weighted by Gasteiger charge is 2.21. The lowest BCUT2D eigenvalue weighted by molar-refractivity contribution is 0.288. The van der Waals surface area contributed by atoms with Crippen molar-refractivity contribution in [2.24, 2.45) is 16.8 Å². The van der Waals surface area contributed by atoms with Crippen LogP contribution in [-0.2, 0) is 6.54 Å². The predicted molar refractivity (Wildman–Crippen MR) is 101 cm³/mol. The first-order chi connectivity index (χ1) is 10.2. The summed E-state index contributed by atoms with van der Waals surface area (Å²) < 4.78 is 5.63. The van der Waals surface area contributed by atoms with Crippen LogP contribution in [0.15, 0.2) is 23.3 Å². The lowest BCUT2D eigenvalue weighted by Crippen LogP contribution is -2.38. The van der Waals surface area contributed by atoms with Crippen molar-refractivity contribution in [1.82, 2.24) is 15.6 Å². The van der Waals surface area contributed by atoms with E-state index < -0.39 is 0 Å². The van der Waals surface area contributed by atoms with E-state index >= 15 is 0 Å². The second-order valence-corrected chi connectivity index (χ2v) is 5.96. The molecule has 0 aliphatic heterocycles. The van der Waals surface area contributed by atoms with Gasteiger partial charge in [0.05, 0.1) is 6.61 Å². The van der Waals surface area contributed by atoms with Crippen LogP contribution in [0, 0.1) is 11.8 Å². The summed E-state index contributed by atoms with van der Waals surface area (Å²) in [6, 6.07) is 3.97. The molecule has 1 fully saturated rings. The van der Waals surface area contributed by atoms with Gasteiger partial charge in [0, 0.05) is 32.4 Å². The molecule has 0 bridgehead atoms. The predicted octanol–water partition coefficient (Wildman–Crippen LogP) is 2.81. The van der Waals surface area contributed by atoms with E-state index in [0.717, 1.165) is 30.6 Å². The number of guanidine groups is 1. The Bertz CT molecular complexity index is 458. The Balaban J connectivity index is 0.00000242. The van der Waals surface area contributed by atoms with Crippen LogP contribution in [0.25, 0.3) is 0 Å². The fraction of sp³-hybridized carbons (Fsp3) is 0.625. The van der Waals surface area contributed by atoms with Crippen LogP contribution in [0.1, 0.15) is 32.3 Å². The molecule has 1 saturated carbocycles. The molecule has 1 heterocycles. The fourth-order valence-electron chi connectivity index (χ4n) is 1.80. The summed E-state index contributed by atoms with van der Waals surface area (Å²) in [4.78, 5) is 8.53. The minimum atomic E-state index is 0. The zero-order valence-corrected chi connectivity index (χ0v) is 16.0.